The van der Waals surface area contributed by atoms with Crippen LogP contribution in [0.2, 0.25) is 0 Å². The van der Waals surface area contributed by atoms with Gasteiger partial charge in [-0.05, 0) is 5.92 Å². The fraction of sp³-hybridized carbons (Fsp3) is 0.667. The van der Waals surface area contributed by atoms with Crippen LogP contribution in [0.3, 0.4) is 0 Å². The summed E-state index contributed by atoms with van der Waals surface area (Å²) in [5, 5.41) is 9.73. The van der Waals surface area contributed by atoms with Crippen LogP contribution in [0, 0.1) is 12.8 Å². The number of carbonyl (C=O) groups is 1. The number of hydrogen-bond donors (Lipinski definition) is 2. The Hall–Kier alpha value is -1.43. The maximum atomic E-state index is 11.4. The van der Waals surface area contributed by atoms with Gasteiger partial charge in [-0.2, -0.15) is 0 Å². The van der Waals surface area contributed by atoms with Crippen LogP contribution >= 0.6 is 0 Å². The van der Waals surface area contributed by atoms with E-state index in [-0.39, 0.29) is 30.3 Å². The Bertz CT molecular complexity index is 335. The van der Waals surface area contributed by atoms with E-state index in [1.54, 1.807) is 6.92 Å². The van der Waals surface area contributed by atoms with Crippen molar-refractivity contribution < 1.29 is 9.21 Å². The number of carbonyl (C=O) groups excluding carboxylic acids is 1. The summed E-state index contributed by atoms with van der Waals surface area (Å²) >= 11 is 0. The SMILES string of the molecule is Cc1nnc(NC(=O)CC(N)C(C)C)o1. The lowest BCUT2D eigenvalue weighted by Crippen LogP contribution is -2.31. The Morgan fingerprint density at radius 2 is 2.20 bits per heavy atom. The standard InChI is InChI=1S/C9H16N4O2/c1-5(2)7(10)4-8(14)11-9-13-12-6(3)15-9/h5,7H,4,10H2,1-3H3,(H,11,13,14). The van der Waals surface area contributed by atoms with E-state index >= 15 is 0 Å². The molecule has 1 heterocycles. The van der Waals surface area contributed by atoms with Crippen LogP contribution in [0.1, 0.15) is 26.2 Å². The molecule has 1 atom stereocenters. The van der Waals surface area contributed by atoms with Gasteiger partial charge in [0.05, 0.1) is 0 Å². The summed E-state index contributed by atoms with van der Waals surface area (Å²) in [7, 11) is 0. The van der Waals surface area contributed by atoms with E-state index in [0.29, 0.717) is 5.89 Å². The molecule has 0 saturated carbocycles. The minimum absolute atomic E-state index is 0.119. The molecule has 3 N–H and O–H groups in total. The number of nitrogens with zero attached hydrogens (tertiary/aromatic N) is 2. The smallest absolute Gasteiger partial charge is 0.322 e. The van der Waals surface area contributed by atoms with Crippen LogP contribution in [-0.2, 0) is 4.79 Å². The minimum Gasteiger partial charge on any atom is -0.408 e. The summed E-state index contributed by atoms with van der Waals surface area (Å²) in [6, 6.07) is -0.0394. The van der Waals surface area contributed by atoms with Crippen LogP contribution in [0.5, 0.6) is 0 Å². The van der Waals surface area contributed by atoms with E-state index in [1.807, 2.05) is 13.8 Å². The van der Waals surface area contributed by atoms with E-state index in [2.05, 4.69) is 15.5 Å². The number of aromatic nitrogens is 2. The molecule has 6 heteroatoms. The van der Waals surface area contributed by atoms with Gasteiger partial charge in [0.15, 0.2) is 0 Å². The zero-order chi connectivity index (χ0) is 11.4. The summed E-state index contributed by atoms with van der Waals surface area (Å²) in [6.07, 6.45) is 0.249. The van der Waals surface area contributed by atoms with Crippen LogP contribution in [-0.4, -0.2) is 22.1 Å². The third-order valence-corrected chi connectivity index (χ3v) is 2.05. The quantitative estimate of drug-likeness (QED) is 0.765. The average molecular weight is 212 g/mol. The molecule has 1 amide bonds. The van der Waals surface area contributed by atoms with Crippen LogP contribution in [0.4, 0.5) is 6.01 Å². The summed E-state index contributed by atoms with van der Waals surface area (Å²) in [4.78, 5) is 11.4. The van der Waals surface area contributed by atoms with Crippen LogP contribution in [0.15, 0.2) is 4.42 Å². The first kappa shape index (κ1) is 11.6. The minimum atomic E-state index is -0.208. The Balaban J connectivity index is 2.43. The molecule has 1 unspecified atom stereocenters. The van der Waals surface area contributed by atoms with Gasteiger partial charge in [-0.3, -0.25) is 10.1 Å². The first-order valence-electron chi connectivity index (χ1n) is 4.84. The number of nitrogens with two attached hydrogens (primary N) is 1. The molecule has 0 radical (unpaired) electrons. The third-order valence-electron chi connectivity index (χ3n) is 2.05. The number of hydrogen-bond acceptors (Lipinski definition) is 5. The van der Waals surface area contributed by atoms with Gasteiger partial charge >= 0.3 is 6.01 Å². The highest BCUT2D eigenvalue weighted by atomic mass is 16.4. The molecule has 0 aromatic carbocycles. The fourth-order valence-corrected chi connectivity index (χ4v) is 0.967. The van der Waals surface area contributed by atoms with Crippen molar-refractivity contribution >= 4 is 11.9 Å². The zero-order valence-corrected chi connectivity index (χ0v) is 9.15. The molecule has 0 spiro atoms. The second-order valence-corrected chi connectivity index (χ2v) is 3.79. The molecular formula is C9H16N4O2. The molecule has 0 aliphatic rings. The second kappa shape index (κ2) is 4.88. The van der Waals surface area contributed by atoms with Crippen LogP contribution < -0.4 is 11.1 Å². The molecule has 0 fully saturated rings. The monoisotopic (exact) mass is 212 g/mol. The number of aryl methyl sites for hydroxylation is 1. The maximum Gasteiger partial charge on any atom is 0.322 e. The van der Waals surface area contributed by atoms with Gasteiger partial charge in [0.1, 0.15) is 0 Å². The van der Waals surface area contributed by atoms with E-state index in [4.69, 9.17) is 10.2 Å². The van der Waals surface area contributed by atoms with Crippen molar-refractivity contribution in [2.45, 2.75) is 33.2 Å². The zero-order valence-electron chi connectivity index (χ0n) is 9.15. The molecule has 1 rings (SSSR count). The summed E-state index contributed by atoms with van der Waals surface area (Å²) in [5.74, 6) is 0.471. The molecule has 1 aromatic heterocycles. The van der Waals surface area contributed by atoms with Gasteiger partial charge in [0.25, 0.3) is 0 Å². The largest absolute Gasteiger partial charge is 0.408 e. The predicted molar refractivity (Wildman–Crippen MR) is 55.1 cm³/mol. The molecule has 0 aliphatic heterocycles. The summed E-state index contributed by atoms with van der Waals surface area (Å²) < 4.78 is 5.00. The Morgan fingerprint density at radius 1 is 1.53 bits per heavy atom. The molecule has 0 bridgehead atoms. The van der Waals surface area contributed by atoms with Crippen molar-refractivity contribution in [2.24, 2.45) is 11.7 Å². The Morgan fingerprint density at radius 3 is 2.67 bits per heavy atom. The van der Waals surface area contributed by atoms with Gasteiger partial charge < -0.3 is 10.2 Å². The topological polar surface area (TPSA) is 94.0 Å². The Kier molecular flexibility index (Phi) is 3.79. The lowest BCUT2D eigenvalue weighted by atomic mass is 10.0. The Labute approximate surface area is 88.2 Å². The van der Waals surface area contributed by atoms with Gasteiger partial charge in [-0.25, -0.2) is 0 Å². The first-order chi connectivity index (χ1) is 6.99. The predicted octanol–water partition coefficient (Wildman–Crippen LogP) is 0.690. The van der Waals surface area contributed by atoms with E-state index in [0.717, 1.165) is 0 Å². The maximum absolute atomic E-state index is 11.4. The fourth-order valence-electron chi connectivity index (χ4n) is 0.967. The van der Waals surface area contributed by atoms with Crippen LogP contribution in [0.25, 0.3) is 0 Å². The van der Waals surface area contributed by atoms with Crippen molar-refractivity contribution in [3.05, 3.63) is 5.89 Å². The van der Waals surface area contributed by atoms with Crippen molar-refractivity contribution in [2.75, 3.05) is 5.32 Å². The number of rotatable bonds is 4. The van der Waals surface area contributed by atoms with Crippen molar-refractivity contribution in [3.8, 4) is 0 Å². The molecule has 0 aliphatic carbocycles. The highest BCUT2D eigenvalue weighted by Crippen LogP contribution is 2.07. The number of anilines is 1. The lowest BCUT2D eigenvalue weighted by molar-refractivity contribution is -0.116. The molecule has 15 heavy (non-hydrogen) atoms. The molecule has 0 saturated heterocycles. The normalized spacial score (nSPS) is 12.9. The first-order valence-corrected chi connectivity index (χ1v) is 4.84. The van der Waals surface area contributed by atoms with Gasteiger partial charge in [-0.15, -0.1) is 5.10 Å². The van der Waals surface area contributed by atoms with E-state index in [9.17, 15) is 4.79 Å². The highest BCUT2D eigenvalue weighted by molar-refractivity contribution is 5.88. The molecule has 6 nitrogen and oxygen atoms in total. The van der Waals surface area contributed by atoms with Crippen molar-refractivity contribution in [1.29, 1.82) is 0 Å². The second-order valence-electron chi connectivity index (χ2n) is 3.79. The van der Waals surface area contributed by atoms with Gasteiger partial charge in [0, 0.05) is 19.4 Å². The van der Waals surface area contributed by atoms with Crippen molar-refractivity contribution in [1.82, 2.24) is 10.2 Å². The van der Waals surface area contributed by atoms with Crippen molar-refractivity contribution in [3.63, 3.8) is 0 Å². The average Bonchev–Trinajstić information content (AvgIpc) is 2.50. The molecule has 84 valence electrons. The number of amides is 1. The summed E-state index contributed by atoms with van der Waals surface area (Å²) in [6.45, 7) is 5.59. The third kappa shape index (κ3) is 3.67. The van der Waals surface area contributed by atoms with Gasteiger partial charge in [0.2, 0.25) is 11.8 Å². The van der Waals surface area contributed by atoms with E-state index < -0.39 is 0 Å². The number of nitrogens with one attached hydrogen (secondary N) is 1. The summed E-state index contributed by atoms with van der Waals surface area (Å²) in [5.41, 5.74) is 5.75. The lowest BCUT2D eigenvalue weighted by Gasteiger charge is -2.13. The molecule has 1 aromatic rings. The van der Waals surface area contributed by atoms with Gasteiger partial charge in [-0.1, -0.05) is 18.9 Å². The van der Waals surface area contributed by atoms with E-state index in [1.165, 1.54) is 0 Å². The highest BCUT2D eigenvalue weighted by Gasteiger charge is 2.14. The molecular weight excluding hydrogens is 196 g/mol.